The zero-order valence-corrected chi connectivity index (χ0v) is 9.80. The molecule has 2 nitrogen and oxygen atoms in total. The van der Waals surface area contributed by atoms with Gasteiger partial charge in [0.2, 0.25) is 0 Å². The molecule has 3 heteroatoms. The Kier molecular flexibility index (Phi) is 2.85. The number of rotatable bonds is 5. The van der Waals surface area contributed by atoms with Crippen LogP contribution in [0.3, 0.4) is 0 Å². The van der Waals surface area contributed by atoms with Crippen LogP contribution in [0, 0.1) is 5.82 Å². The van der Waals surface area contributed by atoms with E-state index in [1.165, 1.54) is 24.5 Å². The second kappa shape index (κ2) is 4.49. The van der Waals surface area contributed by atoms with E-state index in [-0.39, 0.29) is 5.82 Å². The molecule has 0 unspecified atom stereocenters. The highest BCUT2D eigenvalue weighted by molar-refractivity contribution is 5.83. The molecule has 0 atom stereocenters. The average Bonchev–Trinajstić information content (AvgIpc) is 3.06. The van der Waals surface area contributed by atoms with Crippen LogP contribution in [0.4, 0.5) is 4.39 Å². The van der Waals surface area contributed by atoms with E-state index >= 15 is 0 Å². The molecular formula is C14H17FN2. The molecule has 1 heterocycles. The molecule has 1 aromatic carbocycles. The first-order chi connectivity index (χ1) is 8.33. The van der Waals surface area contributed by atoms with E-state index < -0.39 is 0 Å². The van der Waals surface area contributed by atoms with Crippen LogP contribution in [-0.2, 0) is 6.42 Å². The lowest BCUT2D eigenvalue weighted by atomic mass is 10.1. The van der Waals surface area contributed by atoms with Crippen molar-refractivity contribution in [3.05, 3.63) is 35.8 Å². The minimum absolute atomic E-state index is 0.179. The second-order valence-corrected chi connectivity index (χ2v) is 4.84. The first-order valence-corrected chi connectivity index (χ1v) is 6.32. The molecule has 2 aromatic rings. The highest BCUT2D eigenvalue weighted by atomic mass is 19.1. The molecule has 2 N–H and O–H groups in total. The largest absolute Gasteiger partial charge is 0.361 e. The van der Waals surface area contributed by atoms with Crippen molar-refractivity contribution in [2.24, 2.45) is 0 Å². The fraction of sp³-hybridized carbons (Fsp3) is 0.429. The smallest absolute Gasteiger partial charge is 0.125 e. The van der Waals surface area contributed by atoms with Gasteiger partial charge in [-0.1, -0.05) is 0 Å². The van der Waals surface area contributed by atoms with E-state index in [1.54, 1.807) is 6.07 Å². The number of aryl methyl sites for hydroxylation is 1. The summed E-state index contributed by atoms with van der Waals surface area (Å²) in [6.45, 7) is 1.08. The maximum Gasteiger partial charge on any atom is 0.125 e. The molecule has 0 saturated heterocycles. The van der Waals surface area contributed by atoms with Gasteiger partial charge in [0.05, 0.1) is 0 Å². The Morgan fingerprint density at radius 3 is 3.06 bits per heavy atom. The Morgan fingerprint density at radius 1 is 1.35 bits per heavy atom. The fourth-order valence-corrected chi connectivity index (χ4v) is 2.24. The third-order valence-electron chi connectivity index (χ3n) is 3.36. The number of benzene rings is 1. The van der Waals surface area contributed by atoms with Crippen LogP contribution in [0.25, 0.3) is 10.9 Å². The van der Waals surface area contributed by atoms with Crippen LogP contribution in [0.2, 0.25) is 0 Å². The molecule has 1 fully saturated rings. The van der Waals surface area contributed by atoms with E-state index in [2.05, 4.69) is 10.3 Å². The number of fused-ring (bicyclic) bond motifs is 1. The quantitative estimate of drug-likeness (QED) is 0.762. The van der Waals surface area contributed by atoms with Gasteiger partial charge >= 0.3 is 0 Å². The lowest BCUT2D eigenvalue weighted by Crippen LogP contribution is -2.17. The van der Waals surface area contributed by atoms with Crippen molar-refractivity contribution in [1.82, 2.24) is 10.3 Å². The van der Waals surface area contributed by atoms with Crippen molar-refractivity contribution in [2.45, 2.75) is 31.7 Å². The van der Waals surface area contributed by atoms with Crippen LogP contribution in [0.5, 0.6) is 0 Å². The van der Waals surface area contributed by atoms with Crippen molar-refractivity contribution in [1.29, 1.82) is 0 Å². The normalized spacial score (nSPS) is 15.6. The molecule has 17 heavy (non-hydrogen) atoms. The van der Waals surface area contributed by atoms with E-state index in [1.807, 2.05) is 12.3 Å². The monoisotopic (exact) mass is 232 g/mol. The van der Waals surface area contributed by atoms with E-state index in [0.717, 1.165) is 36.3 Å². The van der Waals surface area contributed by atoms with E-state index in [4.69, 9.17) is 0 Å². The Balaban J connectivity index is 1.63. The number of nitrogens with one attached hydrogen (secondary N) is 2. The Morgan fingerprint density at radius 2 is 2.24 bits per heavy atom. The molecule has 0 amide bonds. The van der Waals surface area contributed by atoms with E-state index in [9.17, 15) is 4.39 Å². The molecule has 1 aliphatic carbocycles. The summed E-state index contributed by atoms with van der Waals surface area (Å²) in [7, 11) is 0. The maximum absolute atomic E-state index is 13.0. The fourth-order valence-electron chi connectivity index (χ4n) is 2.24. The van der Waals surface area contributed by atoms with Gasteiger partial charge in [0.15, 0.2) is 0 Å². The SMILES string of the molecule is Fc1ccc2c(CCCNC3CC3)c[nH]c2c1. The second-order valence-electron chi connectivity index (χ2n) is 4.84. The minimum atomic E-state index is -0.179. The van der Waals surface area contributed by atoms with Gasteiger partial charge in [-0.25, -0.2) is 4.39 Å². The molecule has 1 aromatic heterocycles. The van der Waals surface area contributed by atoms with Gasteiger partial charge in [-0.05, 0) is 56.0 Å². The summed E-state index contributed by atoms with van der Waals surface area (Å²) in [5.41, 5.74) is 2.19. The summed E-state index contributed by atoms with van der Waals surface area (Å²) >= 11 is 0. The molecule has 1 saturated carbocycles. The summed E-state index contributed by atoms with van der Waals surface area (Å²) in [6.07, 6.45) is 6.87. The van der Waals surface area contributed by atoms with Gasteiger partial charge in [-0.3, -0.25) is 0 Å². The predicted octanol–water partition coefficient (Wildman–Crippen LogP) is 2.99. The lowest BCUT2D eigenvalue weighted by molar-refractivity contribution is 0.629. The van der Waals surface area contributed by atoms with Crippen LogP contribution in [0.1, 0.15) is 24.8 Å². The molecule has 0 aliphatic heterocycles. The van der Waals surface area contributed by atoms with Crippen molar-refractivity contribution < 1.29 is 4.39 Å². The zero-order valence-electron chi connectivity index (χ0n) is 9.80. The Bertz CT molecular complexity index is 514. The predicted molar refractivity (Wildman–Crippen MR) is 67.6 cm³/mol. The van der Waals surface area contributed by atoms with E-state index in [0.29, 0.717) is 0 Å². The number of aromatic nitrogens is 1. The molecule has 0 spiro atoms. The van der Waals surface area contributed by atoms with Crippen LogP contribution in [0.15, 0.2) is 24.4 Å². The summed E-state index contributed by atoms with van der Waals surface area (Å²) in [6, 6.07) is 5.74. The Labute approximate surface area is 100 Å². The molecule has 0 radical (unpaired) electrons. The summed E-state index contributed by atoms with van der Waals surface area (Å²) in [5, 5.41) is 4.66. The standard InChI is InChI=1S/C14H17FN2/c15-11-3-6-13-10(9-17-14(13)8-11)2-1-7-16-12-4-5-12/h3,6,8-9,12,16-17H,1-2,4-5,7H2. The number of hydrogen-bond donors (Lipinski definition) is 2. The molecular weight excluding hydrogens is 215 g/mol. The van der Waals surface area contributed by atoms with Crippen LogP contribution < -0.4 is 5.32 Å². The summed E-state index contributed by atoms with van der Waals surface area (Å²) in [4.78, 5) is 3.13. The number of halogens is 1. The van der Waals surface area contributed by atoms with Crippen LogP contribution in [-0.4, -0.2) is 17.6 Å². The first kappa shape index (κ1) is 10.8. The van der Waals surface area contributed by atoms with Crippen molar-refractivity contribution >= 4 is 10.9 Å². The van der Waals surface area contributed by atoms with Crippen LogP contribution >= 0.6 is 0 Å². The Hall–Kier alpha value is -1.35. The number of hydrogen-bond acceptors (Lipinski definition) is 1. The van der Waals surface area contributed by atoms with Gasteiger partial charge in [-0.2, -0.15) is 0 Å². The minimum Gasteiger partial charge on any atom is -0.361 e. The summed E-state index contributed by atoms with van der Waals surface area (Å²) < 4.78 is 13.0. The van der Waals surface area contributed by atoms with Crippen molar-refractivity contribution in [2.75, 3.05) is 6.54 Å². The van der Waals surface area contributed by atoms with Gasteiger partial charge in [0.25, 0.3) is 0 Å². The topological polar surface area (TPSA) is 27.8 Å². The summed E-state index contributed by atoms with van der Waals surface area (Å²) in [5.74, 6) is -0.179. The van der Waals surface area contributed by atoms with Gasteiger partial charge in [0.1, 0.15) is 5.82 Å². The highest BCUT2D eigenvalue weighted by Gasteiger charge is 2.19. The molecule has 1 aliphatic rings. The van der Waals surface area contributed by atoms with Gasteiger partial charge < -0.3 is 10.3 Å². The zero-order chi connectivity index (χ0) is 11.7. The lowest BCUT2D eigenvalue weighted by Gasteiger charge is -2.02. The number of H-pyrrole nitrogens is 1. The van der Waals surface area contributed by atoms with Gasteiger partial charge in [-0.15, -0.1) is 0 Å². The van der Waals surface area contributed by atoms with Crippen molar-refractivity contribution in [3.63, 3.8) is 0 Å². The molecule has 90 valence electrons. The third-order valence-corrected chi connectivity index (χ3v) is 3.36. The maximum atomic E-state index is 13.0. The third kappa shape index (κ3) is 2.50. The van der Waals surface area contributed by atoms with Crippen molar-refractivity contribution in [3.8, 4) is 0 Å². The first-order valence-electron chi connectivity index (χ1n) is 6.32. The molecule has 0 bridgehead atoms. The number of aromatic amines is 1. The average molecular weight is 232 g/mol. The van der Waals surface area contributed by atoms with Gasteiger partial charge in [0, 0.05) is 23.1 Å². The highest BCUT2D eigenvalue weighted by Crippen LogP contribution is 2.21. The molecule has 3 rings (SSSR count).